The van der Waals surface area contributed by atoms with Crippen molar-refractivity contribution in [2.45, 2.75) is 31.8 Å². The van der Waals surface area contributed by atoms with E-state index in [0.29, 0.717) is 0 Å². The van der Waals surface area contributed by atoms with E-state index in [9.17, 15) is 4.39 Å². The molecule has 1 saturated heterocycles. The van der Waals surface area contributed by atoms with E-state index in [2.05, 4.69) is 11.8 Å². The highest BCUT2D eigenvalue weighted by Crippen LogP contribution is 2.21. The third-order valence-corrected chi connectivity index (χ3v) is 3.30. The number of rotatable bonds is 3. The van der Waals surface area contributed by atoms with Gasteiger partial charge in [-0.2, -0.15) is 0 Å². The van der Waals surface area contributed by atoms with E-state index < -0.39 is 0 Å². The molecule has 1 heterocycles. The molecule has 2 rings (SSSR count). The summed E-state index contributed by atoms with van der Waals surface area (Å²) in [5.74, 6) is -0.191. The van der Waals surface area contributed by atoms with Gasteiger partial charge in [-0.3, -0.25) is 4.90 Å². The minimum absolute atomic E-state index is 0.191. The Hall–Kier alpha value is -0.930. The second-order valence-electron chi connectivity index (χ2n) is 4.85. The molecule has 2 N–H and O–H groups in total. The molecule has 3 heteroatoms. The highest BCUT2D eigenvalue weighted by atomic mass is 19.1. The molecule has 1 unspecified atom stereocenters. The minimum atomic E-state index is -0.311. The molecule has 2 nitrogen and oxygen atoms in total. The fraction of sp³-hybridized carbons (Fsp3) is 0.538. The Balaban J connectivity index is 2.04. The maximum absolute atomic E-state index is 12.8. The standard InChI is InChI=1S/C13H19FN2/c1-13(15,16-8-2-3-9-16)10-11-4-6-12(14)7-5-11/h4-7H,2-3,8-10,15H2,1H3. The first-order valence-electron chi connectivity index (χ1n) is 5.86. The molecular formula is C13H19FN2. The zero-order valence-electron chi connectivity index (χ0n) is 9.75. The summed E-state index contributed by atoms with van der Waals surface area (Å²) in [6, 6.07) is 6.62. The van der Waals surface area contributed by atoms with E-state index in [4.69, 9.17) is 5.73 Å². The van der Waals surface area contributed by atoms with Crippen molar-refractivity contribution < 1.29 is 4.39 Å². The molecule has 1 aliphatic rings. The van der Waals surface area contributed by atoms with Gasteiger partial charge in [-0.25, -0.2) is 4.39 Å². The number of hydrogen-bond donors (Lipinski definition) is 1. The van der Waals surface area contributed by atoms with Crippen molar-refractivity contribution in [1.82, 2.24) is 4.90 Å². The highest BCUT2D eigenvalue weighted by Gasteiger charge is 2.29. The average Bonchev–Trinajstić information content (AvgIpc) is 2.75. The zero-order chi connectivity index (χ0) is 11.6. The second kappa shape index (κ2) is 4.52. The van der Waals surface area contributed by atoms with Gasteiger partial charge in [0, 0.05) is 6.42 Å². The quantitative estimate of drug-likeness (QED) is 0.849. The summed E-state index contributed by atoms with van der Waals surface area (Å²) in [5.41, 5.74) is 7.11. The van der Waals surface area contributed by atoms with Crippen LogP contribution in [0.4, 0.5) is 4.39 Å². The van der Waals surface area contributed by atoms with Gasteiger partial charge >= 0.3 is 0 Å². The summed E-state index contributed by atoms with van der Waals surface area (Å²) < 4.78 is 12.8. The third-order valence-electron chi connectivity index (χ3n) is 3.30. The van der Waals surface area contributed by atoms with Crippen molar-refractivity contribution in [2.75, 3.05) is 13.1 Å². The lowest BCUT2D eigenvalue weighted by molar-refractivity contribution is 0.142. The lowest BCUT2D eigenvalue weighted by Crippen LogP contribution is -2.53. The fourth-order valence-corrected chi connectivity index (χ4v) is 2.36. The molecule has 1 aliphatic heterocycles. The van der Waals surface area contributed by atoms with Crippen LogP contribution < -0.4 is 5.73 Å². The molecule has 0 aliphatic carbocycles. The normalized spacial score (nSPS) is 20.9. The number of halogens is 1. The van der Waals surface area contributed by atoms with Crippen LogP contribution in [-0.2, 0) is 6.42 Å². The lowest BCUT2D eigenvalue weighted by Gasteiger charge is -2.35. The van der Waals surface area contributed by atoms with E-state index in [1.165, 1.54) is 25.0 Å². The molecule has 0 spiro atoms. The highest BCUT2D eigenvalue weighted by molar-refractivity contribution is 5.18. The Morgan fingerprint density at radius 2 is 1.81 bits per heavy atom. The first kappa shape index (κ1) is 11.6. The largest absolute Gasteiger partial charge is 0.313 e. The zero-order valence-corrected chi connectivity index (χ0v) is 9.75. The average molecular weight is 222 g/mol. The van der Waals surface area contributed by atoms with Crippen molar-refractivity contribution >= 4 is 0 Å². The first-order valence-corrected chi connectivity index (χ1v) is 5.86. The Labute approximate surface area is 96.2 Å². The van der Waals surface area contributed by atoms with Crippen LogP contribution in [0.25, 0.3) is 0 Å². The summed E-state index contributed by atoms with van der Waals surface area (Å²) in [7, 11) is 0. The Bertz CT molecular complexity index is 339. The van der Waals surface area contributed by atoms with Gasteiger partial charge in [0.15, 0.2) is 0 Å². The topological polar surface area (TPSA) is 29.3 Å². The molecule has 0 radical (unpaired) electrons. The molecule has 0 amide bonds. The van der Waals surface area contributed by atoms with Gasteiger partial charge < -0.3 is 5.73 Å². The van der Waals surface area contributed by atoms with Gasteiger partial charge in [-0.05, 0) is 50.6 Å². The van der Waals surface area contributed by atoms with Crippen LogP contribution in [0.15, 0.2) is 24.3 Å². The van der Waals surface area contributed by atoms with Gasteiger partial charge in [-0.1, -0.05) is 12.1 Å². The molecule has 1 atom stereocenters. The molecular weight excluding hydrogens is 203 g/mol. The molecule has 0 saturated carbocycles. The van der Waals surface area contributed by atoms with Crippen LogP contribution in [0, 0.1) is 5.82 Å². The van der Waals surface area contributed by atoms with E-state index >= 15 is 0 Å². The fourth-order valence-electron chi connectivity index (χ4n) is 2.36. The maximum atomic E-state index is 12.8. The number of nitrogens with zero attached hydrogens (tertiary/aromatic N) is 1. The summed E-state index contributed by atoms with van der Waals surface area (Å²) in [5, 5.41) is 0. The van der Waals surface area contributed by atoms with Gasteiger partial charge in [0.05, 0.1) is 5.66 Å². The van der Waals surface area contributed by atoms with Crippen LogP contribution in [0.3, 0.4) is 0 Å². The molecule has 1 aromatic rings. The maximum Gasteiger partial charge on any atom is 0.123 e. The molecule has 0 bridgehead atoms. The second-order valence-corrected chi connectivity index (χ2v) is 4.85. The summed E-state index contributed by atoms with van der Waals surface area (Å²) >= 11 is 0. The molecule has 1 fully saturated rings. The van der Waals surface area contributed by atoms with E-state index in [0.717, 1.165) is 25.1 Å². The van der Waals surface area contributed by atoms with Crippen molar-refractivity contribution in [3.05, 3.63) is 35.6 Å². The minimum Gasteiger partial charge on any atom is -0.313 e. The number of nitrogens with two attached hydrogens (primary N) is 1. The van der Waals surface area contributed by atoms with E-state index in [-0.39, 0.29) is 11.5 Å². The van der Waals surface area contributed by atoms with Crippen LogP contribution in [0.2, 0.25) is 0 Å². The Kier molecular flexibility index (Phi) is 3.26. The first-order chi connectivity index (χ1) is 7.58. The van der Waals surface area contributed by atoms with E-state index in [1.54, 1.807) is 0 Å². The molecule has 0 aromatic heterocycles. The molecule has 16 heavy (non-hydrogen) atoms. The summed E-state index contributed by atoms with van der Waals surface area (Å²) in [6.45, 7) is 4.21. The van der Waals surface area contributed by atoms with Crippen molar-refractivity contribution in [2.24, 2.45) is 5.73 Å². The van der Waals surface area contributed by atoms with Crippen molar-refractivity contribution in [3.8, 4) is 0 Å². The van der Waals surface area contributed by atoms with Gasteiger partial charge in [0.25, 0.3) is 0 Å². The third kappa shape index (κ3) is 2.60. The van der Waals surface area contributed by atoms with Crippen LogP contribution in [0.1, 0.15) is 25.3 Å². The monoisotopic (exact) mass is 222 g/mol. The van der Waals surface area contributed by atoms with Gasteiger partial charge in [0.2, 0.25) is 0 Å². The predicted molar refractivity (Wildman–Crippen MR) is 63.5 cm³/mol. The number of likely N-dealkylation sites (tertiary alicyclic amines) is 1. The van der Waals surface area contributed by atoms with Gasteiger partial charge in [-0.15, -0.1) is 0 Å². The Morgan fingerprint density at radius 1 is 1.25 bits per heavy atom. The van der Waals surface area contributed by atoms with Crippen LogP contribution in [0.5, 0.6) is 0 Å². The van der Waals surface area contributed by atoms with Crippen molar-refractivity contribution in [3.63, 3.8) is 0 Å². The van der Waals surface area contributed by atoms with Gasteiger partial charge in [0.1, 0.15) is 5.82 Å². The predicted octanol–water partition coefficient (Wildman–Crippen LogP) is 2.14. The summed E-state index contributed by atoms with van der Waals surface area (Å²) in [6.07, 6.45) is 3.24. The van der Waals surface area contributed by atoms with Crippen LogP contribution >= 0.6 is 0 Å². The molecule has 1 aromatic carbocycles. The molecule has 88 valence electrons. The smallest absolute Gasteiger partial charge is 0.123 e. The Morgan fingerprint density at radius 3 is 2.38 bits per heavy atom. The van der Waals surface area contributed by atoms with Crippen LogP contribution in [-0.4, -0.2) is 23.7 Å². The van der Waals surface area contributed by atoms with Crippen molar-refractivity contribution in [1.29, 1.82) is 0 Å². The summed E-state index contributed by atoms with van der Waals surface area (Å²) in [4.78, 5) is 2.32. The SMILES string of the molecule is CC(N)(Cc1ccc(F)cc1)N1CCCC1. The number of hydrogen-bond acceptors (Lipinski definition) is 2. The number of benzene rings is 1. The van der Waals surface area contributed by atoms with E-state index in [1.807, 2.05) is 12.1 Å². The lowest BCUT2D eigenvalue weighted by atomic mass is 10.0.